The monoisotopic (exact) mass is 706 g/mol. The number of rotatable bonds is 5. The van der Waals surface area contributed by atoms with Crippen LogP contribution in [0.1, 0.15) is 36.8 Å². The Kier molecular flexibility index (Phi) is 7.36. The van der Waals surface area contributed by atoms with Gasteiger partial charge in [-0.1, -0.05) is 51.3 Å². The van der Waals surface area contributed by atoms with Crippen LogP contribution in [0.4, 0.5) is 10.1 Å². The number of likely N-dealkylation sites (tertiary alicyclic amines) is 1. The maximum absolute atomic E-state index is 14.5. The van der Waals surface area contributed by atoms with Gasteiger partial charge in [0.2, 0.25) is 23.6 Å². The molecule has 4 aliphatic rings. The molecule has 4 amide bonds. The average molecular weight is 708 g/mol. The molecule has 7 rings (SSSR count). The molecule has 2 heterocycles. The van der Waals surface area contributed by atoms with Gasteiger partial charge in [-0.2, -0.15) is 0 Å². The van der Waals surface area contributed by atoms with E-state index in [1.807, 2.05) is 6.08 Å². The van der Waals surface area contributed by atoms with Gasteiger partial charge in [0.1, 0.15) is 17.3 Å². The molecule has 6 unspecified atom stereocenters. The number of nitrogens with zero attached hydrogens (tertiary/aromatic N) is 2. The van der Waals surface area contributed by atoms with Crippen molar-refractivity contribution in [1.29, 1.82) is 0 Å². The van der Waals surface area contributed by atoms with Gasteiger partial charge in [-0.3, -0.25) is 24.1 Å². The fraction of sp³-hybridized carbons (Fsp3) is 0.314. The predicted molar refractivity (Wildman–Crippen MR) is 170 cm³/mol. The predicted octanol–water partition coefficient (Wildman–Crippen LogP) is 6.13. The summed E-state index contributed by atoms with van der Waals surface area (Å²) in [5.41, 5.74) is 0.807. The summed E-state index contributed by atoms with van der Waals surface area (Å²) in [5.74, 6) is -5.80. The van der Waals surface area contributed by atoms with Crippen LogP contribution in [-0.4, -0.2) is 45.3 Å². The van der Waals surface area contributed by atoms with Gasteiger partial charge in [-0.15, -0.1) is 0 Å². The third-order valence-corrected chi connectivity index (χ3v) is 11.2. The molecule has 2 N–H and O–H groups in total. The third-order valence-electron chi connectivity index (χ3n) is 10.4. The lowest BCUT2D eigenvalue weighted by Crippen LogP contribution is -2.49. The molecule has 46 heavy (non-hydrogen) atoms. The zero-order valence-electron chi connectivity index (χ0n) is 24.6. The molecule has 0 radical (unpaired) electrons. The smallest absolute Gasteiger partial charge is 0.241 e. The second-order valence-electron chi connectivity index (χ2n) is 12.7. The van der Waals surface area contributed by atoms with Crippen LogP contribution >= 0.6 is 27.5 Å². The van der Waals surface area contributed by atoms with Crippen molar-refractivity contribution in [3.8, 4) is 11.5 Å². The number of amides is 4. The lowest BCUT2D eigenvalue weighted by atomic mass is 9.51. The van der Waals surface area contributed by atoms with Crippen LogP contribution in [0.15, 0.2) is 76.8 Å². The second kappa shape index (κ2) is 11.1. The van der Waals surface area contributed by atoms with E-state index in [0.717, 1.165) is 22.1 Å². The van der Waals surface area contributed by atoms with E-state index in [4.69, 9.17) is 11.6 Å². The quantitative estimate of drug-likeness (QED) is 0.244. The topological polar surface area (TPSA) is 115 Å². The summed E-state index contributed by atoms with van der Waals surface area (Å²) in [6, 6.07) is 15.2. The molecule has 1 saturated carbocycles. The standard InChI is InChI=1S/C35H29BrClFN2O6/c1-35-25(32(44)40(34(35)46)19-5-10-27(38)26(37)15-19)16-23-21(30(35)24-14-18(36)4-11-28(24)42)8-9-22-29(23)33(45)39(31(22)43)13-12-17-2-6-20(41)7-3-17/h2-8,10-11,14-15,22-23,25,29-30,41-42H,9,12-13,16H2,1H3. The van der Waals surface area contributed by atoms with Crippen LogP contribution < -0.4 is 4.90 Å². The first kappa shape index (κ1) is 30.6. The van der Waals surface area contributed by atoms with Crippen molar-refractivity contribution in [2.75, 3.05) is 11.4 Å². The van der Waals surface area contributed by atoms with Gasteiger partial charge < -0.3 is 10.2 Å². The molecule has 3 aromatic rings. The number of hydrogen-bond acceptors (Lipinski definition) is 6. The van der Waals surface area contributed by atoms with Gasteiger partial charge in [0.05, 0.1) is 33.9 Å². The number of phenolic OH excluding ortho intramolecular Hbond substituents is 2. The van der Waals surface area contributed by atoms with Gasteiger partial charge in [-0.25, -0.2) is 9.29 Å². The molecule has 236 valence electrons. The van der Waals surface area contributed by atoms with Crippen molar-refractivity contribution in [2.45, 2.75) is 32.1 Å². The highest BCUT2D eigenvalue weighted by atomic mass is 79.9. The molecule has 6 atom stereocenters. The van der Waals surface area contributed by atoms with E-state index < -0.39 is 52.6 Å². The van der Waals surface area contributed by atoms with Gasteiger partial charge in [0.25, 0.3) is 0 Å². The zero-order chi connectivity index (χ0) is 32.7. The number of benzene rings is 3. The summed E-state index contributed by atoms with van der Waals surface area (Å²) in [6.45, 7) is 1.88. The van der Waals surface area contributed by atoms with Gasteiger partial charge in [0, 0.05) is 22.5 Å². The van der Waals surface area contributed by atoms with Crippen LogP contribution in [0.2, 0.25) is 5.02 Å². The van der Waals surface area contributed by atoms with Gasteiger partial charge in [-0.05, 0) is 86.2 Å². The minimum Gasteiger partial charge on any atom is -0.508 e. The summed E-state index contributed by atoms with van der Waals surface area (Å²) in [7, 11) is 0. The Morgan fingerprint density at radius 2 is 1.70 bits per heavy atom. The van der Waals surface area contributed by atoms with E-state index in [1.165, 1.54) is 23.1 Å². The number of phenols is 2. The largest absolute Gasteiger partial charge is 0.508 e. The van der Waals surface area contributed by atoms with Gasteiger partial charge in [0.15, 0.2) is 0 Å². The average Bonchev–Trinajstić information content (AvgIpc) is 3.39. The highest BCUT2D eigenvalue weighted by molar-refractivity contribution is 9.10. The number of aromatic hydroxyl groups is 2. The normalized spacial score (nSPS) is 28.7. The van der Waals surface area contributed by atoms with E-state index in [0.29, 0.717) is 16.5 Å². The number of carbonyl (C=O) groups excluding carboxylic acids is 4. The summed E-state index contributed by atoms with van der Waals surface area (Å²) in [6.07, 6.45) is 2.76. The maximum Gasteiger partial charge on any atom is 0.241 e. The molecule has 11 heteroatoms. The Bertz CT molecular complexity index is 1860. The Morgan fingerprint density at radius 3 is 2.41 bits per heavy atom. The van der Waals surface area contributed by atoms with E-state index in [1.54, 1.807) is 43.3 Å². The number of halogens is 3. The highest BCUT2D eigenvalue weighted by Gasteiger charge is 2.67. The lowest BCUT2D eigenvalue weighted by molar-refractivity contribution is -0.140. The third kappa shape index (κ3) is 4.52. The van der Waals surface area contributed by atoms with E-state index >= 15 is 0 Å². The minimum absolute atomic E-state index is 0.0651. The number of hydrogen-bond donors (Lipinski definition) is 2. The first-order chi connectivity index (χ1) is 21.9. The van der Waals surface area contributed by atoms with Crippen molar-refractivity contribution in [3.63, 3.8) is 0 Å². The SMILES string of the molecule is CC12C(=O)N(c3ccc(F)c(Cl)c3)C(=O)C1CC1C(=CCC3C(=O)N(CCc4ccc(O)cc4)C(=O)C31)C2c1cc(Br)ccc1O. The Balaban J connectivity index is 1.30. The van der Waals surface area contributed by atoms with Crippen molar-refractivity contribution >= 4 is 56.8 Å². The Hall–Kier alpha value is -4.02. The molecule has 0 bridgehead atoms. The van der Waals surface area contributed by atoms with Crippen molar-refractivity contribution < 1.29 is 33.8 Å². The van der Waals surface area contributed by atoms with Gasteiger partial charge >= 0.3 is 0 Å². The minimum atomic E-state index is -1.37. The lowest BCUT2D eigenvalue weighted by Gasteiger charge is -2.49. The number of fused-ring (bicyclic) bond motifs is 4. The van der Waals surface area contributed by atoms with Crippen LogP contribution in [0.25, 0.3) is 0 Å². The van der Waals surface area contributed by atoms with E-state index in [9.17, 15) is 33.8 Å². The summed E-state index contributed by atoms with van der Waals surface area (Å²) in [5, 5.41) is 20.6. The van der Waals surface area contributed by atoms with Crippen LogP contribution in [0.3, 0.4) is 0 Å². The number of anilines is 1. The molecule has 3 aromatic carbocycles. The van der Waals surface area contributed by atoms with Crippen molar-refractivity contribution in [2.24, 2.45) is 29.1 Å². The van der Waals surface area contributed by atoms with Crippen LogP contribution in [0.5, 0.6) is 11.5 Å². The molecule has 0 spiro atoms. The molecular weight excluding hydrogens is 679 g/mol. The number of allylic oxidation sites excluding steroid dienone is 2. The molecule has 3 fully saturated rings. The summed E-state index contributed by atoms with van der Waals surface area (Å²) < 4.78 is 14.7. The Labute approximate surface area is 277 Å². The number of carbonyl (C=O) groups is 4. The first-order valence-electron chi connectivity index (χ1n) is 15.1. The first-order valence-corrected chi connectivity index (χ1v) is 16.2. The fourth-order valence-corrected chi connectivity index (χ4v) is 8.73. The molecule has 0 aromatic heterocycles. The van der Waals surface area contributed by atoms with Crippen LogP contribution in [-0.2, 0) is 25.6 Å². The molecule has 2 saturated heterocycles. The number of imide groups is 2. The second-order valence-corrected chi connectivity index (χ2v) is 14.0. The van der Waals surface area contributed by atoms with Crippen molar-refractivity contribution in [1.82, 2.24) is 4.90 Å². The van der Waals surface area contributed by atoms with Crippen molar-refractivity contribution in [3.05, 3.63) is 98.8 Å². The molecule has 8 nitrogen and oxygen atoms in total. The maximum atomic E-state index is 14.5. The van der Waals surface area contributed by atoms with E-state index in [2.05, 4.69) is 15.9 Å². The highest BCUT2D eigenvalue weighted by Crippen LogP contribution is 2.64. The molecule has 2 aliphatic heterocycles. The molecule has 2 aliphatic carbocycles. The zero-order valence-corrected chi connectivity index (χ0v) is 27.0. The summed E-state index contributed by atoms with van der Waals surface area (Å²) in [4.78, 5) is 58.8. The Morgan fingerprint density at radius 1 is 0.957 bits per heavy atom. The molecular formula is C35H29BrClFN2O6. The fourth-order valence-electron chi connectivity index (χ4n) is 8.18. The summed E-state index contributed by atoms with van der Waals surface area (Å²) >= 11 is 9.54. The van der Waals surface area contributed by atoms with Crippen LogP contribution in [0, 0.1) is 34.9 Å². The van der Waals surface area contributed by atoms with E-state index in [-0.39, 0.29) is 53.4 Å².